The van der Waals surface area contributed by atoms with E-state index in [4.69, 9.17) is 9.73 Å². The van der Waals surface area contributed by atoms with Crippen molar-refractivity contribution in [1.29, 1.82) is 0 Å². The van der Waals surface area contributed by atoms with Crippen LogP contribution in [0.5, 0.6) is 5.75 Å². The van der Waals surface area contributed by atoms with Gasteiger partial charge in [-0.15, -0.1) is 0 Å². The molecule has 148 valence electrons. The number of aliphatic imine (C=N–C) groups is 1. The van der Waals surface area contributed by atoms with Crippen molar-refractivity contribution in [3.8, 4) is 5.75 Å². The third-order valence-electron chi connectivity index (χ3n) is 5.22. The first-order chi connectivity index (χ1) is 14.7. The molecule has 6 heteroatoms. The van der Waals surface area contributed by atoms with Crippen LogP contribution >= 0.6 is 0 Å². The molecule has 0 radical (unpaired) electrons. The van der Waals surface area contributed by atoms with E-state index in [0.717, 1.165) is 22.5 Å². The molecule has 0 saturated heterocycles. The van der Waals surface area contributed by atoms with Gasteiger partial charge in [-0.2, -0.15) is 0 Å². The van der Waals surface area contributed by atoms with Gasteiger partial charge in [0.1, 0.15) is 29.0 Å². The quantitative estimate of drug-likeness (QED) is 0.566. The molecular formula is C24H20N4O2. The van der Waals surface area contributed by atoms with Crippen LogP contribution in [-0.2, 0) is 6.42 Å². The van der Waals surface area contributed by atoms with Gasteiger partial charge in [0.25, 0.3) is 0 Å². The van der Waals surface area contributed by atoms with E-state index in [1.165, 1.54) is 0 Å². The molecule has 6 nitrogen and oxygen atoms in total. The van der Waals surface area contributed by atoms with E-state index in [-0.39, 0.29) is 5.78 Å². The summed E-state index contributed by atoms with van der Waals surface area (Å²) in [5, 5.41) is 3.31. The number of nitrogens with zero attached hydrogens (tertiary/aromatic N) is 3. The maximum atomic E-state index is 13.6. The summed E-state index contributed by atoms with van der Waals surface area (Å²) in [6.07, 6.45) is 2.37. The molecule has 1 aliphatic rings. The SMILES string of the molecule is COc1ccc(C2=N[C@@H](Cc3ccccc3)C(=O)c3c(nc4ccccn34)N2)cc1. The highest BCUT2D eigenvalue weighted by Crippen LogP contribution is 2.26. The molecule has 30 heavy (non-hydrogen) atoms. The molecule has 0 fully saturated rings. The van der Waals surface area contributed by atoms with E-state index < -0.39 is 6.04 Å². The summed E-state index contributed by atoms with van der Waals surface area (Å²) in [6, 6.07) is 22.7. The third-order valence-corrected chi connectivity index (χ3v) is 5.22. The Morgan fingerprint density at radius 3 is 2.53 bits per heavy atom. The zero-order valence-corrected chi connectivity index (χ0v) is 16.4. The van der Waals surface area contributed by atoms with Gasteiger partial charge in [0.2, 0.25) is 5.78 Å². The largest absolute Gasteiger partial charge is 0.497 e. The molecule has 0 aliphatic carbocycles. The molecule has 4 aromatic rings. The zero-order chi connectivity index (χ0) is 20.5. The molecule has 2 aromatic carbocycles. The number of hydrogen-bond acceptors (Lipinski definition) is 5. The number of carbonyl (C=O) groups excluding carboxylic acids is 1. The number of fused-ring (bicyclic) bond motifs is 3. The lowest BCUT2D eigenvalue weighted by atomic mass is 10.0. The van der Waals surface area contributed by atoms with Crippen LogP contribution in [0.25, 0.3) is 5.65 Å². The molecule has 0 spiro atoms. The summed E-state index contributed by atoms with van der Waals surface area (Å²) < 4.78 is 7.09. The number of Topliss-reactive ketones (excluding diaryl/α,β-unsaturated/α-hetero) is 1. The predicted molar refractivity (Wildman–Crippen MR) is 117 cm³/mol. The van der Waals surface area contributed by atoms with Gasteiger partial charge in [-0.25, -0.2) is 4.98 Å². The van der Waals surface area contributed by atoms with Gasteiger partial charge in [0.15, 0.2) is 5.82 Å². The monoisotopic (exact) mass is 396 g/mol. The number of methoxy groups -OCH3 is 1. The van der Waals surface area contributed by atoms with Crippen molar-refractivity contribution >= 4 is 23.1 Å². The summed E-state index contributed by atoms with van der Waals surface area (Å²) in [7, 11) is 1.63. The van der Waals surface area contributed by atoms with Crippen molar-refractivity contribution < 1.29 is 9.53 Å². The Morgan fingerprint density at radius 2 is 1.77 bits per heavy atom. The van der Waals surface area contributed by atoms with Crippen LogP contribution in [-0.4, -0.2) is 34.2 Å². The number of benzene rings is 2. The fourth-order valence-electron chi connectivity index (χ4n) is 3.71. The second kappa shape index (κ2) is 7.48. The van der Waals surface area contributed by atoms with Crippen LogP contribution in [0.1, 0.15) is 21.6 Å². The lowest BCUT2D eigenvalue weighted by Crippen LogP contribution is -2.23. The maximum Gasteiger partial charge on any atom is 0.208 e. The van der Waals surface area contributed by atoms with Crippen LogP contribution in [0.4, 0.5) is 5.82 Å². The van der Waals surface area contributed by atoms with Gasteiger partial charge in [0, 0.05) is 18.2 Å². The van der Waals surface area contributed by atoms with Crippen LogP contribution in [0.15, 0.2) is 84.0 Å². The van der Waals surface area contributed by atoms with Gasteiger partial charge >= 0.3 is 0 Å². The van der Waals surface area contributed by atoms with Crippen LogP contribution in [0.2, 0.25) is 0 Å². The Kier molecular flexibility index (Phi) is 4.52. The molecule has 0 unspecified atom stereocenters. The Hall–Kier alpha value is -3.93. The molecular weight excluding hydrogens is 376 g/mol. The minimum absolute atomic E-state index is 0.0523. The molecule has 1 atom stereocenters. The minimum Gasteiger partial charge on any atom is -0.497 e. The number of hydrogen-bond donors (Lipinski definition) is 1. The minimum atomic E-state index is -0.557. The van der Waals surface area contributed by atoms with Gasteiger partial charge in [-0.1, -0.05) is 36.4 Å². The summed E-state index contributed by atoms with van der Waals surface area (Å²) in [4.78, 5) is 23.0. The van der Waals surface area contributed by atoms with Crippen molar-refractivity contribution in [2.45, 2.75) is 12.5 Å². The van der Waals surface area contributed by atoms with Crippen molar-refractivity contribution in [1.82, 2.24) is 9.38 Å². The van der Waals surface area contributed by atoms with Gasteiger partial charge in [-0.3, -0.25) is 14.2 Å². The highest BCUT2D eigenvalue weighted by Gasteiger charge is 2.31. The molecule has 1 N–H and O–H groups in total. The Morgan fingerprint density at radius 1 is 1.00 bits per heavy atom. The molecule has 5 rings (SSSR count). The predicted octanol–water partition coefficient (Wildman–Crippen LogP) is 4.01. The number of imidazole rings is 1. The lowest BCUT2D eigenvalue weighted by Gasteiger charge is -2.12. The topological polar surface area (TPSA) is 68.0 Å². The fourth-order valence-corrected chi connectivity index (χ4v) is 3.71. The number of pyridine rings is 1. The highest BCUT2D eigenvalue weighted by molar-refractivity contribution is 6.16. The third kappa shape index (κ3) is 3.22. The highest BCUT2D eigenvalue weighted by atomic mass is 16.5. The van der Waals surface area contributed by atoms with E-state index in [9.17, 15) is 4.79 Å². The van der Waals surface area contributed by atoms with Crippen LogP contribution in [0.3, 0.4) is 0 Å². The van der Waals surface area contributed by atoms with Crippen molar-refractivity contribution in [3.63, 3.8) is 0 Å². The first-order valence-corrected chi connectivity index (χ1v) is 9.77. The molecule has 2 aromatic heterocycles. The molecule has 3 heterocycles. The second-order valence-corrected chi connectivity index (χ2v) is 7.14. The molecule has 0 bridgehead atoms. The lowest BCUT2D eigenvalue weighted by molar-refractivity contribution is 0.0958. The van der Waals surface area contributed by atoms with Gasteiger partial charge in [-0.05, 0) is 42.0 Å². The number of aromatic nitrogens is 2. The molecule has 1 aliphatic heterocycles. The van der Waals surface area contributed by atoms with Gasteiger partial charge < -0.3 is 10.1 Å². The Bertz CT molecular complexity index is 1240. The Labute approximate surface area is 173 Å². The number of carbonyl (C=O) groups is 1. The summed E-state index contributed by atoms with van der Waals surface area (Å²) >= 11 is 0. The number of ether oxygens (including phenoxy) is 1. The number of ketones is 1. The number of anilines is 1. The van der Waals surface area contributed by atoms with E-state index in [2.05, 4.69) is 10.3 Å². The molecule has 0 amide bonds. The van der Waals surface area contributed by atoms with Crippen molar-refractivity contribution in [2.24, 2.45) is 4.99 Å². The van der Waals surface area contributed by atoms with E-state index in [1.807, 2.05) is 83.4 Å². The standard InChI is InChI=1S/C24H20N4O2/c1-30-18-12-10-17(11-13-18)23-25-19(15-16-7-3-2-4-8-16)22(29)21-24(27-23)26-20-9-5-6-14-28(20)21/h2-14,19H,15H2,1H3,(H,25,27)/t19-/m0/s1. The average Bonchev–Trinajstić information content (AvgIpc) is 3.10. The average molecular weight is 396 g/mol. The normalized spacial score (nSPS) is 15.8. The smallest absolute Gasteiger partial charge is 0.208 e. The Balaban J connectivity index is 1.63. The van der Waals surface area contributed by atoms with Crippen molar-refractivity contribution in [3.05, 3.63) is 95.8 Å². The van der Waals surface area contributed by atoms with E-state index >= 15 is 0 Å². The first-order valence-electron chi connectivity index (χ1n) is 9.77. The molecule has 0 saturated carbocycles. The number of rotatable bonds is 4. The summed E-state index contributed by atoms with van der Waals surface area (Å²) in [5.41, 5.74) is 3.18. The van der Waals surface area contributed by atoms with Crippen LogP contribution < -0.4 is 10.1 Å². The van der Waals surface area contributed by atoms with Crippen LogP contribution in [0, 0.1) is 0 Å². The zero-order valence-electron chi connectivity index (χ0n) is 16.4. The van der Waals surface area contributed by atoms with E-state index in [1.54, 1.807) is 7.11 Å². The summed E-state index contributed by atoms with van der Waals surface area (Å²) in [5.74, 6) is 1.85. The number of amidine groups is 1. The first kappa shape index (κ1) is 18.1. The summed E-state index contributed by atoms with van der Waals surface area (Å²) in [6.45, 7) is 0. The maximum absolute atomic E-state index is 13.6. The second-order valence-electron chi connectivity index (χ2n) is 7.14. The van der Waals surface area contributed by atoms with Gasteiger partial charge in [0.05, 0.1) is 7.11 Å². The van der Waals surface area contributed by atoms with Crippen molar-refractivity contribution in [2.75, 3.05) is 12.4 Å². The fraction of sp³-hybridized carbons (Fsp3) is 0.125. The number of nitrogens with one attached hydrogen (secondary N) is 1. The van der Waals surface area contributed by atoms with E-state index in [0.29, 0.717) is 23.8 Å².